The molecule has 9 rings (SSSR count). The standard InChI is InChI=1S/C45H48ClN7O7S/c46-33-4-2-30(3-5-33)39-25-45(12-1-13-45)14-10-32(39)28-51-16-18-52(19-17-51)34-6-8-38(42(23-34)60-35-22-31-11-15-47-43(31)49-26-35)44(54)50-61(57)37-7-9-40(41(24-37)53(55)56)48-27-36-29-58-20-21-59-36/h2-9,11,15,22-24,26,36,48H,1,10,12-14,16-21,25,27-29H2,(H,47,49)(H,50,54)/t36-,61?/m0/s1. The number of pyridine rings is 1. The zero-order chi connectivity index (χ0) is 41.9. The Balaban J connectivity index is 0.910. The summed E-state index contributed by atoms with van der Waals surface area (Å²) in [5.74, 6) is 0.0186. The van der Waals surface area contributed by atoms with E-state index in [0.29, 0.717) is 43.2 Å². The largest absolute Gasteiger partial charge is 0.455 e. The van der Waals surface area contributed by atoms with Crippen LogP contribution in [0.1, 0.15) is 54.4 Å². The molecule has 1 saturated carbocycles. The number of anilines is 2. The molecule has 2 aliphatic heterocycles. The SMILES string of the molecule is O=C(NS(=O)c1ccc(NC[C@H]2COCCO2)c([N+](=O)[O-])c1)c1ccc(N2CCN(CC3=C(c4ccc(Cl)cc4)CC4(CCC4)CC3)CC2)cc1Oc1cnc2[nH]ccc2c1. The Hall–Kier alpha value is -5.32. The minimum atomic E-state index is -2.13. The van der Waals surface area contributed by atoms with Crippen LogP contribution in [0.2, 0.25) is 5.02 Å². The molecule has 1 spiro atoms. The van der Waals surface area contributed by atoms with Crippen molar-refractivity contribution in [2.45, 2.75) is 49.5 Å². The second-order valence-electron chi connectivity index (χ2n) is 16.3. The second kappa shape index (κ2) is 18.0. The number of halogens is 1. The number of hydrogen-bond acceptors (Lipinski definition) is 11. The molecule has 2 saturated heterocycles. The fourth-order valence-corrected chi connectivity index (χ4v) is 9.84. The van der Waals surface area contributed by atoms with E-state index in [4.69, 9.17) is 25.8 Å². The van der Waals surface area contributed by atoms with Gasteiger partial charge < -0.3 is 29.4 Å². The lowest BCUT2D eigenvalue weighted by Crippen LogP contribution is -2.47. The molecular weight excluding hydrogens is 818 g/mol. The molecule has 14 nitrogen and oxygen atoms in total. The van der Waals surface area contributed by atoms with E-state index in [0.717, 1.165) is 61.7 Å². The first kappa shape index (κ1) is 41.1. The van der Waals surface area contributed by atoms with Gasteiger partial charge in [0.2, 0.25) is 0 Å². The topological polar surface area (TPSA) is 164 Å². The number of nitro benzene ring substituents is 1. The summed E-state index contributed by atoms with van der Waals surface area (Å²) in [6.07, 6.45) is 10.6. The maximum Gasteiger partial charge on any atom is 0.293 e. The molecule has 1 unspecified atom stereocenters. The molecule has 4 aliphatic rings. The molecule has 5 aromatic rings. The van der Waals surface area contributed by atoms with Gasteiger partial charge >= 0.3 is 0 Å². The van der Waals surface area contributed by atoms with E-state index in [9.17, 15) is 19.1 Å². The van der Waals surface area contributed by atoms with Gasteiger partial charge in [-0.15, -0.1) is 0 Å². The average Bonchev–Trinajstić information content (AvgIpc) is 3.74. The van der Waals surface area contributed by atoms with Crippen molar-refractivity contribution >= 4 is 62.2 Å². The highest BCUT2D eigenvalue weighted by Gasteiger charge is 2.41. The highest BCUT2D eigenvalue weighted by Crippen LogP contribution is 2.55. The number of hydrogen-bond donors (Lipinski definition) is 3. The van der Waals surface area contributed by atoms with Crippen LogP contribution in [0.15, 0.2) is 95.7 Å². The number of nitrogens with zero attached hydrogens (tertiary/aromatic N) is 4. The minimum Gasteiger partial charge on any atom is -0.455 e. The summed E-state index contributed by atoms with van der Waals surface area (Å²) in [7, 11) is -2.13. The molecule has 61 heavy (non-hydrogen) atoms. The van der Waals surface area contributed by atoms with Gasteiger partial charge in [-0.1, -0.05) is 35.7 Å². The maximum atomic E-state index is 13.9. The van der Waals surface area contributed by atoms with Crippen LogP contribution < -0.4 is 19.7 Å². The zero-order valence-electron chi connectivity index (χ0n) is 33.7. The van der Waals surface area contributed by atoms with Crippen LogP contribution in [0, 0.1) is 15.5 Å². The number of ether oxygens (including phenoxy) is 3. The van der Waals surface area contributed by atoms with Crippen LogP contribution in [0.3, 0.4) is 0 Å². The first-order valence-electron chi connectivity index (χ1n) is 20.8. The van der Waals surface area contributed by atoms with E-state index in [1.165, 1.54) is 60.6 Å². The van der Waals surface area contributed by atoms with Crippen molar-refractivity contribution in [3.8, 4) is 11.5 Å². The lowest BCUT2D eigenvalue weighted by atomic mass is 9.59. The Labute approximate surface area is 361 Å². The molecule has 2 aromatic heterocycles. The zero-order valence-corrected chi connectivity index (χ0v) is 35.3. The number of fused-ring (bicyclic) bond motifs is 1. The van der Waals surface area contributed by atoms with Gasteiger partial charge in [-0.3, -0.25) is 24.5 Å². The number of carbonyl (C=O) groups is 1. The predicted octanol–water partition coefficient (Wildman–Crippen LogP) is 8.13. The van der Waals surface area contributed by atoms with Crippen molar-refractivity contribution in [1.29, 1.82) is 0 Å². The third kappa shape index (κ3) is 9.31. The molecule has 4 heterocycles. The predicted molar refractivity (Wildman–Crippen MR) is 236 cm³/mol. The van der Waals surface area contributed by atoms with Crippen molar-refractivity contribution in [2.24, 2.45) is 5.41 Å². The van der Waals surface area contributed by atoms with Crippen molar-refractivity contribution < 1.29 is 28.1 Å². The number of rotatable bonds is 13. The number of allylic oxidation sites excluding steroid dienone is 1. The Morgan fingerprint density at radius 2 is 1.87 bits per heavy atom. The number of benzene rings is 3. The molecule has 2 aliphatic carbocycles. The lowest BCUT2D eigenvalue weighted by molar-refractivity contribution is -0.384. The van der Waals surface area contributed by atoms with Crippen LogP contribution in [0.5, 0.6) is 11.5 Å². The fraction of sp³-hybridized carbons (Fsp3) is 0.378. The van der Waals surface area contributed by atoms with E-state index in [1.807, 2.05) is 36.4 Å². The van der Waals surface area contributed by atoms with Gasteiger partial charge in [0, 0.05) is 73.7 Å². The summed E-state index contributed by atoms with van der Waals surface area (Å²) >= 11 is 6.28. The number of amides is 1. The van der Waals surface area contributed by atoms with Gasteiger partial charge in [-0.25, -0.2) is 9.19 Å². The summed E-state index contributed by atoms with van der Waals surface area (Å²) in [6, 6.07) is 21.6. The molecule has 3 aromatic carbocycles. The number of H-pyrrole nitrogens is 1. The number of aromatic nitrogens is 2. The van der Waals surface area contributed by atoms with Gasteiger partial charge in [0.05, 0.1) is 47.5 Å². The molecule has 0 radical (unpaired) electrons. The number of carbonyl (C=O) groups excluding carboxylic acids is 1. The molecule has 2 atom stereocenters. The first-order valence-corrected chi connectivity index (χ1v) is 22.4. The quantitative estimate of drug-likeness (QED) is 0.0774. The first-order chi connectivity index (χ1) is 29.7. The summed E-state index contributed by atoms with van der Waals surface area (Å²) in [5.41, 5.74) is 6.48. The highest BCUT2D eigenvalue weighted by molar-refractivity contribution is 7.83. The summed E-state index contributed by atoms with van der Waals surface area (Å²) < 4.78 is 33.5. The fourth-order valence-electron chi connectivity index (χ4n) is 8.91. The van der Waals surface area contributed by atoms with Crippen molar-refractivity contribution in [3.63, 3.8) is 0 Å². The number of piperazine rings is 1. The van der Waals surface area contributed by atoms with E-state index in [2.05, 4.69) is 41.9 Å². The van der Waals surface area contributed by atoms with Crippen molar-refractivity contribution in [2.75, 3.05) is 69.3 Å². The summed E-state index contributed by atoms with van der Waals surface area (Å²) in [6.45, 7) is 5.88. The maximum absolute atomic E-state index is 13.9. The third-order valence-corrected chi connectivity index (χ3v) is 13.8. The van der Waals surface area contributed by atoms with E-state index < -0.39 is 21.8 Å². The highest BCUT2D eigenvalue weighted by atomic mass is 35.5. The minimum absolute atomic E-state index is 0.0636. The average molecular weight is 866 g/mol. The van der Waals surface area contributed by atoms with Gasteiger partial charge in [-0.05, 0) is 97.2 Å². The molecule has 3 fully saturated rings. The summed E-state index contributed by atoms with van der Waals surface area (Å²) in [4.78, 5) is 37.8. The summed E-state index contributed by atoms with van der Waals surface area (Å²) in [5, 5.41) is 16.7. The molecule has 0 bridgehead atoms. The van der Waals surface area contributed by atoms with Crippen molar-refractivity contribution in [1.82, 2.24) is 19.6 Å². The lowest BCUT2D eigenvalue weighted by Gasteiger charge is -2.47. The third-order valence-electron chi connectivity index (χ3n) is 12.5. The van der Waals surface area contributed by atoms with E-state index in [-0.39, 0.29) is 33.7 Å². The van der Waals surface area contributed by atoms with Gasteiger partial charge in [-0.2, -0.15) is 0 Å². The van der Waals surface area contributed by atoms with Gasteiger partial charge in [0.1, 0.15) is 22.8 Å². The van der Waals surface area contributed by atoms with E-state index >= 15 is 0 Å². The molecule has 16 heteroatoms. The molecular formula is C45H48ClN7O7S. The monoisotopic (exact) mass is 865 g/mol. The molecule has 1 amide bonds. The van der Waals surface area contributed by atoms with Crippen LogP contribution in [0.25, 0.3) is 16.6 Å². The number of aromatic amines is 1. The Bertz CT molecular complexity index is 2480. The molecule has 318 valence electrons. The normalized spacial score (nSPS) is 19.7. The van der Waals surface area contributed by atoms with Crippen LogP contribution in [0.4, 0.5) is 17.1 Å². The van der Waals surface area contributed by atoms with Gasteiger partial charge in [0.25, 0.3) is 11.6 Å². The van der Waals surface area contributed by atoms with Crippen LogP contribution in [-0.4, -0.2) is 95.1 Å². The van der Waals surface area contributed by atoms with E-state index in [1.54, 1.807) is 18.5 Å². The smallest absolute Gasteiger partial charge is 0.293 e. The second-order valence-corrected chi connectivity index (χ2v) is 18.0. The van der Waals surface area contributed by atoms with Crippen LogP contribution >= 0.6 is 11.6 Å². The number of nitro groups is 1. The van der Waals surface area contributed by atoms with Crippen LogP contribution in [-0.2, 0) is 20.5 Å². The molecule has 3 N–H and O–H groups in total. The Kier molecular flexibility index (Phi) is 12.1. The Morgan fingerprint density at radius 3 is 2.62 bits per heavy atom. The number of nitrogens with one attached hydrogen (secondary N) is 3. The Morgan fingerprint density at radius 1 is 1.03 bits per heavy atom. The van der Waals surface area contributed by atoms with Crippen molar-refractivity contribution in [3.05, 3.63) is 117 Å². The van der Waals surface area contributed by atoms with Gasteiger partial charge in [0.15, 0.2) is 11.0 Å².